The largest absolute Gasteiger partial charge is 0.494 e. The number of methoxy groups -OCH3 is 1. The Balaban J connectivity index is 1.54. The number of aryl methyl sites for hydroxylation is 1. The van der Waals surface area contributed by atoms with E-state index in [0.717, 1.165) is 12.0 Å². The lowest BCUT2D eigenvalue weighted by molar-refractivity contribution is -0.136. The van der Waals surface area contributed by atoms with Crippen LogP contribution in [-0.4, -0.2) is 44.3 Å². The van der Waals surface area contributed by atoms with Crippen molar-refractivity contribution >= 4 is 57.9 Å². The molecular weight excluding hydrogens is 615 g/mol. The number of hydrazone groups is 1. The first-order valence-electron chi connectivity index (χ1n) is 12.0. The van der Waals surface area contributed by atoms with E-state index >= 15 is 0 Å². The van der Waals surface area contributed by atoms with Gasteiger partial charge in [-0.15, -0.1) is 0 Å². The minimum Gasteiger partial charge on any atom is -0.494 e. The van der Waals surface area contributed by atoms with E-state index in [1.54, 1.807) is 42.5 Å². The van der Waals surface area contributed by atoms with Crippen LogP contribution in [-0.2, 0) is 14.4 Å². The number of ether oxygens (including phenoxy) is 3. The molecule has 0 spiro atoms. The van der Waals surface area contributed by atoms with Crippen molar-refractivity contribution in [3.63, 3.8) is 0 Å². The number of benzene rings is 3. The van der Waals surface area contributed by atoms with E-state index < -0.39 is 11.8 Å². The number of carbonyl (C=O) groups excluding carboxylic acids is 3. The van der Waals surface area contributed by atoms with Crippen molar-refractivity contribution in [3.8, 4) is 17.2 Å². The molecule has 11 heteroatoms. The average molecular weight is 644 g/mol. The van der Waals surface area contributed by atoms with Gasteiger partial charge >= 0.3 is 11.8 Å². The van der Waals surface area contributed by atoms with Gasteiger partial charge in [0.05, 0.1) is 23.5 Å². The third kappa shape index (κ3) is 9.28. The summed E-state index contributed by atoms with van der Waals surface area (Å²) in [6.45, 7) is 4.33. The summed E-state index contributed by atoms with van der Waals surface area (Å²) in [5.41, 5.74) is 4.94. The molecular formula is C28H29IN4O6. The molecule has 0 aliphatic carbocycles. The highest BCUT2D eigenvalue weighted by Gasteiger charge is 2.15. The molecule has 3 N–H and O–H groups in total. The number of hydrogen-bond acceptors (Lipinski definition) is 7. The second-order valence-electron chi connectivity index (χ2n) is 8.27. The van der Waals surface area contributed by atoms with E-state index in [4.69, 9.17) is 14.2 Å². The molecule has 3 aromatic carbocycles. The average Bonchev–Trinajstić information content (AvgIpc) is 2.91. The number of nitrogens with zero attached hydrogens (tertiary/aromatic N) is 1. The van der Waals surface area contributed by atoms with E-state index in [1.807, 2.05) is 54.6 Å². The number of halogens is 1. The molecule has 0 saturated heterocycles. The number of hydrogen-bond donors (Lipinski definition) is 3. The zero-order chi connectivity index (χ0) is 28.2. The van der Waals surface area contributed by atoms with Crippen LogP contribution in [0.15, 0.2) is 65.8 Å². The predicted molar refractivity (Wildman–Crippen MR) is 158 cm³/mol. The smallest absolute Gasteiger partial charge is 0.329 e. The highest BCUT2D eigenvalue weighted by molar-refractivity contribution is 14.1. The van der Waals surface area contributed by atoms with Crippen molar-refractivity contribution in [2.24, 2.45) is 5.10 Å². The van der Waals surface area contributed by atoms with Gasteiger partial charge in [0.15, 0.2) is 18.1 Å². The molecule has 0 saturated carbocycles. The summed E-state index contributed by atoms with van der Waals surface area (Å²) in [4.78, 5) is 36.6. The van der Waals surface area contributed by atoms with Crippen LogP contribution in [0.4, 0.5) is 11.4 Å². The van der Waals surface area contributed by atoms with Crippen LogP contribution in [0.25, 0.3) is 0 Å². The Hall–Kier alpha value is -4.13. The minimum absolute atomic E-state index is 0.215. The van der Waals surface area contributed by atoms with Gasteiger partial charge < -0.3 is 24.8 Å². The summed E-state index contributed by atoms with van der Waals surface area (Å²) in [7, 11) is 1.47. The normalized spacial score (nSPS) is 10.6. The van der Waals surface area contributed by atoms with E-state index in [0.29, 0.717) is 44.4 Å². The van der Waals surface area contributed by atoms with Crippen molar-refractivity contribution in [3.05, 3.63) is 75.4 Å². The van der Waals surface area contributed by atoms with E-state index in [9.17, 15) is 14.4 Å². The zero-order valence-corrected chi connectivity index (χ0v) is 23.9. The number of nitrogens with one attached hydrogen (secondary N) is 3. The molecule has 3 amide bonds. The van der Waals surface area contributed by atoms with Crippen molar-refractivity contribution in [1.82, 2.24) is 5.43 Å². The quantitative estimate of drug-likeness (QED) is 0.122. The zero-order valence-electron chi connectivity index (χ0n) is 21.7. The molecule has 3 aromatic rings. The Morgan fingerprint density at radius 3 is 2.41 bits per heavy atom. The standard InChI is InChI=1S/C28H29IN4O6/c1-4-12-38-22-10-8-20(9-11-22)32-27(35)28(36)33-30-16-19-14-23(29)26(24(15-19)37-3)39-17-25(34)31-21-7-5-6-18(2)13-21/h5-11,13-16H,4,12,17H2,1-3H3,(H,31,34)(H,32,35)(H,33,36)/b30-16-. The van der Waals surface area contributed by atoms with E-state index in [2.05, 4.69) is 21.2 Å². The maximum atomic E-state index is 12.3. The number of amides is 3. The molecule has 10 nitrogen and oxygen atoms in total. The first-order chi connectivity index (χ1) is 18.8. The molecule has 0 aliphatic heterocycles. The van der Waals surface area contributed by atoms with Crippen LogP contribution in [0.1, 0.15) is 24.5 Å². The fourth-order valence-electron chi connectivity index (χ4n) is 3.27. The first kappa shape index (κ1) is 29.4. The highest BCUT2D eigenvalue weighted by atomic mass is 127. The highest BCUT2D eigenvalue weighted by Crippen LogP contribution is 2.33. The molecule has 0 unspecified atom stereocenters. The van der Waals surface area contributed by atoms with Crippen LogP contribution in [0, 0.1) is 10.5 Å². The molecule has 3 rings (SSSR count). The van der Waals surface area contributed by atoms with Crippen molar-refractivity contribution < 1.29 is 28.6 Å². The molecule has 39 heavy (non-hydrogen) atoms. The summed E-state index contributed by atoms with van der Waals surface area (Å²) in [6.07, 6.45) is 2.25. The second kappa shape index (κ2) is 14.7. The Kier molecular flexibility index (Phi) is 11.1. The summed E-state index contributed by atoms with van der Waals surface area (Å²) >= 11 is 2.05. The van der Waals surface area contributed by atoms with Gasteiger partial charge in [-0.1, -0.05) is 19.1 Å². The summed E-state index contributed by atoms with van der Waals surface area (Å²) < 4.78 is 17.3. The van der Waals surface area contributed by atoms with Crippen LogP contribution in [0.2, 0.25) is 0 Å². The van der Waals surface area contributed by atoms with Crippen molar-refractivity contribution in [2.75, 3.05) is 31.0 Å². The van der Waals surface area contributed by atoms with Crippen LogP contribution < -0.4 is 30.3 Å². The third-order valence-electron chi connectivity index (χ3n) is 5.07. The summed E-state index contributed by atoms with van der Waals surface area (Å²) in [5, 5.41) is 9.14. The van der Waals surface area contributed by atoms with Gasteiger partial charge in [-0.25, -0.2) is 5.43 Å². The van der Waals surface area contributed by atoms with Gasteiger partial charge in [0, 0.05) is 11.4 Å². The fourth-order valence-corrected chi connectivity index (χ4v) is 4.05. The molecule has 204 valence electrons. The number of rotatable bonds is 11. The lowest BCUT2D eigenvalue weighted by Crippen LogP contribution is -2.32. The maximum absolute atomic E-state index is 12.3. The SMILES string of the molecule is CCCOc1ccc(NC(=O)C(=O)N/N=C\c2cc(I)c(OCC(=O)Nc3cccc(C)c3)c(OC)c2)cc1. The Morgan fingerprint density at radius 2 is 1.72 bits per heavy atom. The van der Waals surface area contributed by atoms with Gasteiger partial charge in [-0.3, -0.25) is 14.4 Å². The van der Waals surface area contributed by atoms with Gasteiger partial charge in [0.1, 0.15) is 5.75 Å². The van der Waals surface area contributed by atoms with Crippen molar-refractivity contribution in [1.29, 1.82) is 0 Å². The van der Waals surface area contributed by atoms with Gasteiger partial charge in [-0.05, 0) is 95.6 Å². The van der Waals surface area contributed by atoms with Gasteiger partial charge in [0.2, 0.25) is 0 Å². The molecule has 0 heterocycles. The predicted octanol–water partition coefficient (Wildman–Crippen LogP) is 4.50. The maximum Gasteiger partial charge on any atom is 0.329 e. The lowest BCUT2D eigenvalue weighted by Gasteiger charge is -2.13. The Bertz CT molecular complexity index is 1340. The molecule has 0 fully saturated rings. The van der Waals surface area contributed by atoms with E-state index in [1.165, 1.54) is 13.3 Å². The Labute approximate surface area is 240 Å². The van der Waals surface area contributed by atoms with E-state index in [-0.39, 0.29) is 12.5 Å². The van der Waals surface area contributed by atoms with Crippen LogP contribution >= 0.6 is 22.6 Å². The van der Waals surface area contributed by atoms with Crippen molar-refractivity contribution in [2.45, 2.75) is 20.3 Å². The summed E-state index contributed by atoms with van der Waals surface area (Å²) in [5.74, 6) is -0.666. The number of anilines is 2. The van der Waals surface area contributed by atoms with Crippen LogP contribution in [0.5, 0.6) is 17.2 Å². The number of carbonyl (C=O) groups is 3. The first-order valence-corrected chi connectivity index (χ1v) is 13.1. The second-order valence-corrected chi connectivity index (χ2v) is 9.43. The van der Waals surface area contributed by atoms with Gasteiger partial charge in [-0.2, -0.15) is 5.10 Å². The Morgan fingerprint density at radius 1 is 0.949 bits per heavy atom. The molecule has 0 aliphatic rings. The molecule has 0 radical (unpaired) electrons. The minimum atomic E-state index is -0.932. The monoisotopic (exact) mass is 644 g/mol. The lowest BCUT2D eigenvalue weighted by atomic mass is 10.2. The third-order valence-corrected chi connectivity index (χ3v) is 5.87. The molecule has 0 bridgehead atoms. The van der Waals surface area contributed by atoms with Crippen LogP contribution in [0.3, 0.4) is 0 Å². The summed E-state index contributed by atoms with van der Waals surface area (Å²) in [6, 6.07) is 17.5. The van der Waals surface area contributed by atoms with Gasteiger partial charge in [0.25, 0.3) is 5.91 Å². The topological polar surface area (TPSA) is 127 Å². The molecule has 0 aromatic heterocycles. The fraction of sp³-hybridized carbons (Fsp3) is 0.214. The molecule has 0 atom stereocenters.